The third kappa shape index (κ3) is 1.76. The molecule has 14 heavy (non-hydrogen) atoms. The number of rotatable bonds is 2. The summed E-state index contributed by atoms with van der Waals surface area (Å²) in [5.41, 5.74) is 1.85. The summed E-state index contributed by atoms with van der Waals surface area (Å²) in [5.74, 6) is 0. The number of hydrogen-bond donors (Lipinski definition) is 0. The van der Waals surface area contributed by atoms with Crippen molar-refractivity contribution in [2.45, 2.75) is 0 Å². The van der Waals surface area contributed by atoms with Crippen LogP contribution in [-0.2, 0) is 0 Å². The van der Waals surface area contributed by atoms with Gasteiger partial charge in [-0.15, -0.1) is 0 Å². The van der Waals surface area contributed by atoms with E-state index in [1.165, 1.54) is 11.5 Å². The summed E-state index contributed by atoms with van der Waals surface area (Å²) in [6.07, 6.45) is 0.817. The molecule has 0 bridgehead atoms. The van der Waals surface area contributed by atoms with Crippen LogP contribution in [0.3, 0.4) is 0 Å². The van der Waals surface area contributed by atoms with Crippen molar-refractivity contribution in [1.29, 1.82) is 0 Å². The zero-order valence-electron chi connectivity index (χ0n) is 7.11. The third-order valence-electron chi connectivity index (χ3n) is 1.79. The van der Waals surface area contributed by atoms with E-state index >= 15 is 0 Å². The minimum Gasteiger partial charge on any atom is -0.297 e. The number of carbonyl (C=O) groups is 1. The molecule has 0 fully saturated rings. The van der Waals surface area contributed by atoms with Gasteiger partial charge in [-0.1, -0.05) is 34.1 Å². The van der Waals surface area contributed by atoms with Crippen molar-refractivity contribution >= 4 is 33.7 Å². The van der Waals surface area contributed by atoms with Crippen LogP contribution in [0.25, 0.3) is 11.3 Å². The number of hydrogen-bond acceptors (Lipinski definition) is 3. The van der Waals surface area contributed by atoms with Gasteiger partial charge in [0.25, 0.3) is 0 Å². The number of carbonyl (C=O) groups excluding carboxylic acids is 1. The smallest absolute Gasteiger partial charge is 0.161 e. The van der Waals surface area contributed by atoms with Gasteiger partial charge in [0, 0.05) is 10.0 Å². The standard InChI is InChI=1S/C10H6BrNOS/c11-9-4-2-1-3-8(9)10-5-7(6-13)14-12-10/h1-6H. The first kappa shape index (κ1) is 9.55. The van der Waals surface area contributed by atoms with Gasteiger partial charge in [-0.3, -0.25) is 4.79 Å². The van der Waals surface area contributed by atoms with Crippen LogP contribution in [0.4, 0.5) is 0 Å². The van der Waals surface area contributed by atoms with Crippen molar-refractivity contribution in [2.24, 2.45) is 0 Å². The van der Waals surface area contributed by atoms with Crippen LogP contribution in [0.1, 0.15) is 9.67 Å². The summed E-state index contributed by atoms with van der Waals surface area (Å²) in [5, 5.41) is 0. The number of benzene rings is 1. The second-order valence-electron chi connectivity index (χ2n) is 2.71. The van der Waals surface area contributed by atoms with Gasteiger partial charge in [0.05, 0.1) is 10.6 Å². The maximum absolute atomic E-state index is 10.5. The fraction of sp³-hybridized carbons (Fsp3) is 0. The summed E-state index contributed by atoms with van der Waals surface area (Å²) in [7, 11) is 0. The topological polar surface area (TPSA) is 30.0 Å². The van der Waals surface area contributed by atoms with Gasteiger partial charge >= 0.3 is 0 Å². The van der Waals surface area contributed by atoms with E-state index in [9.17, 15) is 4.79 Å². The molecule has 2 aromatic rings. The highest BCUT2D eigenvalue weighted by Crippen LogP contribution is 2.28. The molecule has 0 radical (unpaired) electrons. The number of halogens is 1. The van der Waals surface area contributed by atoms with E-state index in [2.05, 4.69) is 20.3 Å². The molecule has 0 aliphatic rings. The lowest BCUT2D eigenvalue weighted by Gasteiger charge is -1.98. The van der Waals surface area contributed by atoms with Gasteiger partial charge in [-0.05, 0) is 23.7 Å². The van der Waals surface area contributed by atoms with Gasteiger partial charge < -0.3 is 0 Å². The van der Waals surface area contributed by atoms with Crippen LogP contribution in [0, 0.1) is 0 Å². The molecule has 70 valence electrons. The van der Waals surface area contributed by atoms with Crippen molar-refractivity contribution in [3.8, 4) is 11.3 Å². The molecule has 0 unspecified atom stereocenters. The predicted octanol–water partition coefficient (Wildman–Crippen LogP) is 3.39. The molecule has 0 saturated heterocycles. The average molecular weight is 268 g/mol. The van der Waals surface area contributed by atoms with E-state index in [1.54, 1.807) is 6.07 Å². The lowest BCUT2D eigenvalue weighted by atomic mass is 10.1. The molecule has 0 saturated carbocycles. The average Bonchev–Trinajstić information content (AvgIpc) is 2.67. The van der Waals surface area contributed by atoms with E-state index in [0.717, 1.165) is 22.0 Å². The Morgan fingerprint density at radius 3 is 2.79 bits per heavy atom. The normalized spacial score (nSPS) is 10.1. The van der Waals surface area contributed by atoms with Crippen LogP contribution in [0.2, 0.25) is 0 Å². The second kappa shape index (κ2) is 4.02. The zero-order chi connectivity index (χ0) is 9.97. The maximum Gasteiger partial charge on any atom is 0.161 e. The number of aromatic nitrogens is 1. The summed E-state index contributed by atoms with van der Waals surface area (Å²) >= 11 is 4.65. The van der Waals surface area contributed by atoms with E-state index in [1.807, 2.05) is 24.3 Å². The number of nitrogens with zero attached hydrogens (tertiary/aromatic N) is 1. The van der Waals surface area contributed by atoms with Crippen molar-refractivity contribution in [3.63, 3.8) is 0 Å². The summed E-state index contributed by atoms with van der Waals surface area (Å²) < 4.78 is 5.19. The Bertz CT molecular complexity index is 467. The Morgan fingerprint density at radius 2 is 2.14 bits per heavy atom. The molecule has 2 rings (SSSR count). The molecule has 0 spiro atoms. The highest BCUT2D eigenvalue weighted by molar-refractivity contribution is 9.10. The van der Waals surface area contributed by atoms with Crippen LogP contribution in [-0.4, -0.2) is 10.7 Å². The maximum atomic E-state index is 10.5. The van der Waals surface area contributed by atoms with Crippen molar-refractivity contribution < 1.29 is 4.79 Å². The molecular formula is C10H6BrNOS. The molecule has 4 heteroatoms. The summed E-state index contributed by atoms with van der Waals surface area (Å²) in [4.78, 5) is 11.1. The largest absolute Gasteiger partial charge is 0.297 e. The van der Waals surface area contributed by atoms with Crippen LogP contribution in [0.5, 0.6) is 0 Å². The van der Waals surface area contributed by atoms with Gasteiger partial charge in [0.2, 0.25) is 0 Å². The second-order valence-corrected chi connectivity index (χ2v) is 4.40. The predicted molar refractivity (Wildman–Crippen MR) is 60.6 cm³/mol. The van der Waals surface area contributed by atoms with Crippen LogP contribution >= 0.6 is 27.5 Å². The van der Waals surface area contributed by atoms with E-state index in [0.29, 0.717) is 4.88 Å². The molecule has 1 aromatic carbocycles. The quantitative estimate of drug-likeness (QED) is 0.781. The Labute approximate surface area is 93.9 Å². The van der Waals surface area contributed by atoms with E-state index in [4.69, 9.17) is 0 Å². The first-order valence-corrected chi connectivity index (χ1v) is 5.54. The highest BCUT2D eigenvalue weighted by atomic mass is 79.9. The Kier molecular flexibility index (Phi) is 2.74. The van der Waals surface area contributed by atoms with Crippen LogP contribution < -0.4 is 0 Å². The Hall–Kier alpha value is -1.00. The molecule has 0 aliphatic heterocycles. The molecule has 0 atom stereocenters. The number of aldehydes is 1. The molecule has 0 N–H and O–H groups in total. The first-order chi connectivity index (χ1) is 6.81. The van der Waals surface area contributed by atoms with Gasteiger partial charge in [0.15, 0.2) is 6.29 Å². The Morgan fingerprint density at radius 1 is 1.36 bits per heavy atom. The molecule has 0 aliphatic carbocycles. The van der Waals surface area contributed by atoms with Crippen LogP contribution in [0.15, 0.2) is 34.8 Å². The Balaban J connectivity index is 2.49. The zero-order valence-corrected chi connectivity index (χ0v) is 9.51. The van der Waals surface area contributed by atoms with Crippen molar-refractivity contribution in [3.05, 3.63) is 39.7 Å². The molecule has 2 nitrogen and oxygen atoms in total. The summed E-state index contributed by atoms with van der Waals surface area (Å²) in [6, 6.07) is 9.60. The molecule has 1 heterocycles. The van der Waals surface area contributed by atoms with Gasteiger partial charge in [0.1, 0.15) is 0 Å². The third-order valence-corrected chi connectivity index (χ3v) is 3.20. The van der Waals surface area contributed by atoms with Gasteiger partial charge in [-0.2, -0.15) is 4.37 Å². The first-order valence-electron chi connectivity index (χ1n) is 3.98. The minimum absolute atomic E-state index is 0.649. The lowest BCUT2D eigenvalue weighted by molar-refractivity contribution is 0.112. The molecule has 1 aromatic heterocycles. The van der Waals surface area contributed by atoms with Gasteiger partial charge in [-0.25, -0.2) is 0 Å². The fourth-order valence-electron chi connectivity index (χ4n) is 1.14. The SMILES string of the molecule is O=Cc1cc(-c2ccccc2Br)ns1. The molecular weight excluding hydrogens is 262 g/mol. The van der Waals surface area contributed by atoms with Crippen molar-refractivity contribution in [1.82, 2.24) is 4.37 Å². The minimum atomic E-state index is 0.649. The lowest BCUT2D eigenvalue weighted by Crippen LogP contribution is -1.77. The summed E-state index contributed by atoms with van der Waals surface area (Å²) in [6.45, 7) is 0. The van der Waals surface area contributed by atoms with Crippen molar-refractivity contribution in [2.75, 3.05) is 0 Å². The van der Waals surface area contributed by atoms with E-state index < -0.39 is 0 Å². The van der Waals surface area contributed by atoms with E-state index in [-0.39, 0.29) is 0 Å². The molecule has 0 amide bonds. The highest BCUT2D eigenvalue weighted by Gasteiger charge is 2.06. The fourth-order valence-corrected chi connectivity index (χ4v) is 2.19. The monoisotopic (exact) mass is 267 g/mol.